The number of nitrogens with one attached hydrogen (secondary N) is 1. The van der Waals surface area contributed by atoms with Gasteiger partial charge in [0.25, 0.3) is 0 Å². The van der Waals surface area contributed by atoms with Crippen molar-refractivity contribution in [2.45, 2.75) is 45.9 Å². The third-order valence-electron chi connectivity index (χ3n) is 5.29. The molecule has 0 aliphatic carbocycles. The first kappa shape index (κ1) is 19.9. The number of anilines is 1. The summed E-state index contributed by atoms with van der Waals surface area (Å²) in [6, 6.07) is 13.2. The van der Waals surface area contributed by atoms with Gasteiger partial charge >= 0.3 is 6.09 Å². The third-order valence-corrected chi connectivity index (χ3v) is 5.29. The number of alkyl carbamates (subject to hydrolysis) is 1. The highest BCUT2D eigenvalue weighted by Gasteiger charge is 2.40. The van der Waals surface area contributed by atoms with Crippen LogP contribution in [0.5, 0.6) is 0 Å². The van der Waals surface area contributed by atoms with Gasteiger partial charge in [-0.2, -0.15) is 0 Å². The summed E-state index contributed by atoms with van der Waals surface area (Å²) in [5.74, 6) is -0.613. The lowest BCUT2D eigenvalue weighted by molar-refractivity contribution is -0.117. The van der Waals surface area contributed by atoms with Crippen LogP contribution in [0.2, 0.25) is 0 Å². The molecule has 0 aromatic heterocycles. The number of benzene rings is 2. The summed E-state index contributed by atoms with van der Waals surface area (Å²) in [5.41, 5.74) is 2.10. The fraction of sp³-hybridized carbons (Fsp3) is 0.364. The second kappa shape index (κ2) is 8.42. The van der Waals surface area contributed by atoms with E-state index in [-0.39, 0.29) is 24.5 Å². The number of hydrogen-bond acceptors (Lipinski definition) is 3. The van der Waals surface area contributed by atoms with Crippen molar-refractivity contribution >= 4 is 17.7 Å². The maximum Gasteiger partial charge on any atom is 0.407 e. The van der Waals surface area contributed by atoms with Gasteiger partial charge in [0.05, 0.1) is 6.04 Å². The molecule has 2 aromatic carbocycles. The average molecular weight is 384 g/mol. The van der Waals surface area contributed by atoms with Gasteiger partial charge in [0.15, 0.2) is 0 Å². The van der Waals surface area contributed by atoms with Gasteiger partial charge in [-0.05, 0) is 30.2 Å². The van der Waals surface area contributed by atoms with Crippen molar-refractivity contribution in [2.24, 2.45) is 5.92 Å². The molecule has 28 heavy (non-hydrogen) atoms. The predicted octanol–water partition coefficient (Wildman–Crippen LogP) is 4.57. The quantitative estimate of drug-likeness (QED) is 0.840. The molecular formula is C22H25FN2O3. The van der Waals surface area contributed by atoms with Gasteiger partial charge in [-0.1, -0.05) is 44.2 Å². The topological polar surface area (TPSA) is 58.6 Å². The summed E-state index contributed by atoms with van der Waals surface area (Å²) < 4.78 is 19.3. The van der Waals surface area contributed by atoms with Crippen LogP contribution in [0.3, 0.4) is 0 Å². The minimum Gasteiger partial charge on any atom is -0.445 e. The summed E-state index contributed by atoms with van der Waals surface area (Å²) in [6.07, 6.45) is 0.150. The molecule has 3 atom stereocenters. The Kier molecular flexibility index (Phi) is 5.97. The van der Waals surface area contributed by atoms with Gasteiger partial charge in [0.1, 0.15) is 12.4 Å². The smallest absolute Gasteiger partial charge is 0.407 e. The number of carbonyl (C=O) groups is 2. The van der Waals surface area contributed by atoms with Crippen molar-refractivity contribution in [3.8, 4) is 0 Å². The molecule has 0 spiro atoms. The van der Waals surface area contributed by atoms with Crippen molar-refractivity contribution < 1.29 is 18.7 Å². The first-order chi connectivity index (χ1) is 13.4. The predicted molar refractivity (Wildman–Crippen MR) is 105 cm³/mol. The Labute approximate surface area is 164 Å². The van der Waals surface area contributed by atoms with E-state index in [1.807, 2.05) is 44.2 Å². The molecule has 1 aliphatic rings. The Morgan fingerprint density at radius 3 is 2.54 bits per heavy atom. The third kappa shape index (κ3) is 4.01. The fourth-order valence-corrected chi connectivity index (χ4v) is 3.97. The molecule has 0 fully saturated rings. The highest BCUT2D eigenvalue weighted by molar-refractivity contribution is 5.94. The van der Waals surface area contributed by atoms with E-state index in [9.17, 15) is 14.0 Å². The van der Waals surface area contributed by atoms with E-state index in [2.05, 4.69) is 5.32 Å². The number of halogens is 1. The standard InChI is InChI=1S/C22H25FN2O3/c1-4-19-14(2)21(24-22(27)28-13-16-8-6-5-7-9-16)18-12-17(23)10-11-20(18)25(19)15(3)26/h5-12,14,19,21H,4,13H2,1-3H3,(H,24,27)/t14-,19-,21+/m0/s1. The van der Waals surface area contributed by atoms with E-state index in [0.29, 0.717) is 11.3 Å². The van der Waals surface area contributed by atoms with E-state index in [4.69, 9.17) is 4.74 Å². The molecular weight excluding hydrogens is 359 g/mol. The van der Waals surface area contributed by atoms with Crippen LogP contribution < -0.4 is 10.2 Å². The highest BCUT2D eigenvalue weighted by Crippen LogP contribution is 2.42. The minimum absolute atomic E-state index is 0.100. The number of hydrogen-bond donors (Lipinski definition) is 1. The van der Waals surface area contributed by atoms with Crippen molar-refractivity contribution in [2.75, 3.05) is 4.90 Å². The molecule has 1 aliphatic heterocycles. The molecule has 6 heteroatoms. The molecule has 0 saturated carbocycles. The summed E-state index contributed by atoms with van der Waals surface area (Å²) in [4.78, 5) is 26.4. The molecule has 3 rings (SSSR count). The number of amides is 2. The van der Waals surface area contributed by atoms with Crippen LogP contribution >= 0.6 is 0 Å². The number of fused-ring (bicyclic) bond motifs is 1. The monoisotopic (exact) mass is 384 g/mol. The Bertz CT molecular complexity index is 856. The van der Waals surface area contributed by atoms with Crippen LogP contribution in [0.15, 0.2) is 48.5 Å². The lowest BCUT2D eigenvalue weighted by atomic mass is 9.81. The van der Waals surface area contributed by atoms with E-state index < -0.39 is 18.0 Å². The van der Waals surface area contributed by atoms with E-state index in [0.717, 1.165) is 12.0 Å². The molecule has 0 saturated heterocycles. The van der Waals surface area contributed by atoms with Crippen LogP contribution in [-0.4, -0.2) is 18.0 Å². The Hall–Kier alpha value is -2.89. The minimum atomic E-state index is -0.568. The SMILES string of the molecule is CC[C@H]1[C@H](C)[C@@H](NC(=O)OCc2ccccc2)c2cc(F)ccc2N1C(C)=O. The van der Waals surface area contributed by atoms with Gasteiger partial charge in [-0.15, -0.1) is 0 Å². The largest absolute Gasteiger partial charge is 0.445 e. The first-order valence-electron chi connectivity index (χ1n) is 9.48. The maximum atomic E-state index is 14.0. The van der Waals surface area contributed by atoms with Gasteiger partial charge in [-0.3, -0.25) is 4.79 Å². The van der Waals surface area contributed by atoms with E-state index >= 15 is 0 Å². The van der Waals surface area contributed by atoms with Crippen LogP contribution in [0.1, 0.15) is 44.4 Å². The van der Waals surface area contributed by atoms with Crippen LogP contribution in [0.25, 0.3) is 0 Å². The molecule has 5 nitrogen and oxygen atoms in total. The van der Waals surface area contributed by atoms with Crippen molar-refractivity contribution in [1.82, 2.24) is 5.32 Å². The van der Waals surface area contributed by atoms with E-state index in [1.165, 1.54) is 19.1 Å². The fourth-order valence-electron chi connectivity index (χ4n) is 3.97. The van der Waals surface area contributed by atoms with Crippen molar-refractivity contribution in [3.05, 3.63) is 65.5 Å². The zero-order valence-corrected chi connectivity index (χ0v) is 16.3. The summed E-state index contributed by atoms with van der Waals surface area (Å²) in [7, 11) is 0. The normalized spacial score (nSPS) is 21.0. The van der Waals surface area contributed by atoms with Crippen molar-refractivity contribution in [3.63, 3.8) is 0 Å². The lowest BCUT2D eigenvalue weighted by Gasteiger charge is -2.44. The molecule has 2 amide bonds. The van der Waals surface area contributed by atoms with Gasteiger partial charge in [0, 0.05) is 30.1 Å². The van der Waals surface area contributed by atoms with Gasteiger partial charge in [-0.25, -0.2) is 9.18 Å². The number of nitrogens with zero attached hydrogens (tertiary/aromatic N) is 1. The molecule has 0 unspecified atom stereocenters. The van der Waals surface area contributed by atoms with Crippen LogP contribution in [-0.2, 0) is 16.1 Å². The Morgan fingerprint density at radius 2 is 1.89 bits per heavy atom. The van der Waals surface area contributed by atoms with Crippen LogP contribution in [0, 0.1) is 11.7 Å². The number of ether oxygens (including phenoxy) is 1. The average Bonchev–Trinajstić information content (AvgIpc) is 2.68. The van der Waals surface area contributed by atoms with E-state index in [1.54, 1.807) is 11.0 Å². The molecule has 2 aromatic rings. The maximum absolute atomic E-state index is 14.0. The summed E-state index contributed by atoms with van der Waals surface area (Å²) >= 11 is 0. The molecule has 148 valence electrons. The highest BCUT2D eigenvalue weighted by atomic mass is 19.1. The molecule has 1 heterocycles. The molecule has 1 N–H and O–H groups in total. The number of carbonyl (C=O) groups excluding carboxylic acids is 2. The molecule has 0 bridgehead atoms. The Balaban J connectivity index is 1.84. The van der Waals surface area contributed by atoms with Gasteiger partial charge in [0.2, 0.25) is 5.91 Å². The second-order valence-electron chi connectivity index (χ2n) is 7.11. The zero-order chi connectivity index (χ0) is 20.3. The van der Waals surface area contributed by atoms with Crippen LogP contribution in [0.4, 0.5) is 14.9 Å². The first-order valence-corrected chi connectivity index (χ1v) is 9.48. The second-order valence-corrected chi connectivity index (χ2v) is 7.11. The zero-order valence-electron chi connectivity index (χ0n) is 16.3. The number of rotatable bonds is 4. The molecule has 0 radical (unpaired) electrons. The lowest BCUT2D eigenvalue weighted by Crippen LogP contribution is -2.51. The van der Waals surface area contributed by atoms with Gasteiger partial charge < -0.3 is 15.0 Å². The Morgan fingerprint density at radius 1 is 1.18 bits per heavy atom. The summed E-state index contributed by atoms with van der Waals surface area (Å²) in [6.45, 7) is 5.61. The summed E-state index contributed by atoms with van der Waals surface area (Å²) in [5, 5.41) is 2.88. The van der Waals surface area contributed by atoms with Crippen molar-refractivity contribution in [1.29, 1.82) is 0 Å².